The summed E-state index contributed by atoms with van der Waals surface area (Å²) in [5.41, 5.74) is 7.30. The van der Waals surface area contributed by atoms with E-state index in [1.165, 1.54) is 6.26 Å². The quantitative estimate of drug-likeness (QED) is 0.735. The smallest absolute Gasteiger partial charge is 0.139 e. The first-order valence-electron chi connectivity index (χ1n) is 3.67. The molecular formula is C9H8ClNO. The highest BCUT2D eigenvalue weighted by molar-refractivity contribution is 6.35. The molecule has 62 valence electrons. The monoisotopic (exact) mass is 181 g/mol. The van der Waals surface area contributed by atoms with Gasteiger partial charge in [0.05, 0.1) is 5.02 Å². The van der Waals surface area contributed by atoms with Crippen molar-refractivity contribution in [1.29, 1.82) is 0 Å². The zero-order valence-corrected chi connectivity index (χ0v) is 7.14. The van der Waals surface area contributed by atoms with Crippen molar-refractivity contribution in [2.75, 3.05) is 0 Å². The SMILES string of the molecule is NCc1cccc2c(Cl)coc12. The first-order valence-corrected chi connectivity index (χ1v) is 4.05. The fourth-order valence-electron chi connectivity index (χ4n) is 1.25. The van der Waals surface area contributed by atoms with Crippen molar-refractivity contribution in [2.24, 2.45) is 5.73 Å². The molecule has 1 aromatic carbocycles. The van der Waals surface area contributed by atoms with E-state index in [4.69, 9.17) is 21.8 Å². The molecule has 2 rings (SSSR count). The fraction of sp³-hybridized carbons (Fsp3) is 0.111. The molecule has 0 aliphatic carbocycles. The van der Waals surface area contributed by atoms with Gasteiger partial charge in [0.25, 0.3) is 0 Å². The molecule has 0 saturated heterocycles. The molecule has 2 aromatic rings. The van der Waals surface area contributed by atoms with Crippen LogP contribution in [0.4, 0.5) is 0 Å². The van der Waals surface area contributed by atoms with E-state index in [2.05, 4.69) is 0 Å². The lowest BCUT2D eigenvalue weighted by Crippen LogP contribution is -1.95. The van der Waals surface area contributed by atoms with Crippen LogP contribution in [0.25, 0.3) is 11.0 Å². The zero-order chi connectivity index (χ0) is 8.55. The van der Waals surface area contributed by atoms with Crippen LogP contribution < -0.4 is 5.73 Å². The summed E-state index contributed by atoms with van der Waals surface area (Å²) in [7, 11) is 0. The standard InChI is InChI=1S/C9H8ClNO/c10-8-5-12-9-6(4-11)2-1-3-7(8)9/h1-3,5H,4,11H2. The van der Waals surface area contributed by atoms with Crippen molar-refractivity contribution in [3.8, 4) is 0 Å². The maximum atomic E-state index is 5.87. The molecule has 1 aromatic heterocycles. The number of furan rings is 1. The van der Waals surface area contributed by atoms with E-state index in [1.54, 1.807) is 0 Å². The van der Waals surface area contributed by atoms with Crippen LogP contribution in [0.1, 0.15) is 5.56 Å². The lowest BCUT2D eigenvalue weighted by atomic mass is 10.1. The van der Waals surface area contributed by atoms with Crippen LogP contribution >= 0.6 is 11.6 Å². The first kappa shape index (κ1) is 7.65. The Balaban J connectivity index is 2.81. The third-order valence-electron chi connectivity index (χ3n) is 1.85. The summed E-state index contributed by atoms with van der Waals surface area (Å²) < 4.78 is 5.26. The van der Waals surface area contributed by atoms with Crippen LogP contribution in [0.5, 0.6) is 0 Å². The largest absolute Gasteiger partial charge is 0.462 e. The van der Waals surface area contributed by atoms with Crippen LogP contribution in [0.3, 0.4) is 0 Å². The molecule has 0 amide bonds. The van der Waals surface area contributed by atoms with Gasteiger partial charge in [0.15, 0.2) is 0 Å². The summed E-state index contributed by atoms with van der Waals surface area (Å²) in [6.45, 7) is 0.473. The summed E-state index contributed by atoms with van der Waals surface area (Å²) in [6.07, 6.45) is 1.53. The molecule has 2 nitrogen and oxygen atoms in total. The minimum Gasteiger partial charge on any atom is -0.462 e. The van der Waals surface area contributed by atoms with Crippen molar-refractivity contribution in [2.45, 2.75) is 6.54 Å². The molecule has 2 N–H and O–H groups in total. The maximum absolute atomic E-state index is 5.87. The predicted octanol–water partition coefficient (Wildman–Crippen LogP) is 2.54. The predicted molar refractivity (Wildman–Crippen MR) is 49.1 cm³/mol. The van der Waals surface area contributed by atoms with Gasteiger partial charge in [0.1, 0.15) is 11.8 Å². The van der Waals surface area contributed by atoms with Crippen molar-refractivity contribution in [3.63, 3.8) is 0 Å². The second-order valence-corrected chi connectivity index (χ2v) is 2.99. The Bertz CT molecular complexity index is 408. The van der Waals surface area contributed by atoms with Gasteiger partial charge in [0, 0.05) is 17.5 Å². The van der Waals surface area contributed by atoms with Crippen LogP contribution in [0, 0.1) is 0 Å². The molecule has 0 bridgehead atoms. The second-order valence-electron chi connectivity index (χ2n) is 2.58. The summed E-state index contributed by atoms with van der Waals surface area (Å²) >= 11 is 5.87. The number of para-hydroxylation sites is 1. The van der Waals surface area contributed by atoms with E-state index in [9.17, 15) is 0 Å². The lowest BCUT2D eigenvalue weighted by molar-refractivity contribution is 0.611. The highest BCUT2D eigenvalue weighted by Crippen LogP contribution is 2.27. The van der Waals surface area contributed by atoms with Gasteiger partial charge >= 0.3 is 0 Å². The second kappa shape index (κ2) is 2.81. The van der Waals surface area contributed by atoms with E-state index in [0.717, 1.165) is 16.5 Å². The number of fused-ring (bicyclic) bond motifs is 1. The van der Waals surface area contributed by atoms with Crippen LogP contribution in [-0.2, 0) is 6.54 Å². The van der Waals surface area contributed by atoms with E-state index in [0.29, 0.717) is 11.6 Å². The molecule has 0 radical (unpaired) electrons. The lowest BCUT2D eigenvalue weighted by Gasteiger charge is -1.95. The summed E-state index contributed by atoms with van der Waals surface area (Å²) in [6, 6.07) is 5.77. The third-order valence-corrected chi connectivity index (χ3v) is 2.15. The molecule has 0 spiro atoms. The molecule has 1 heterocycles. The Hall–Kier alpha value is -0.990. The van der Waals surface area contributed by atoms with E-state index in [-0.39, 0.29) is 0 Å². The van der Waals surface area contributed by atoms with Crippen LogP contribution in [-0.4, -0.2) is 0 Å². The van der Waals surface area contributed by atoms with Gasteiger partial charge in [-0.15, -0.1) is 0 Å². The molecule has 3 heteroatoms. The molecule has 0 aliphatic rings. The van der Waals surface area contributed by atoms with Crippen molar-refractivity contribution in [1.82, 2.24) is 0 Å². The van der Waals surface area contributed by atoms with Crippen molar-refractivity contribution >= 4 is 22.6 Å². The normalized spacial score (nSPS) is 10.8. The number of hydrogen-bond acceptors (Lipinski definition) is 2. The summed E-state index contributed by atoms with van der Waals surface area (Å²) in [4.78, 5) is 0. The van der Waals surface area contributed by atoms with Gasteiger partial charge in [-0.3, -0.25) is 0 Å². The average molecular weight is 182 g/mol. The molecule has 0 unspecified atom stereocenters. The molecule has 0 saturated carbocycles. The minimum absolute atomic E-state index is 0.473. The van der Waals surface area contributed by atoms with Gasteiger partial charge in [-0.05, 0) is 6.07 Å². The van der Waals surface area contributed by atoms with Crippen molar-refractivity contribution in [3.05, 3.63) is 35.0 Å². The Morgan fingerprint density at radius 3 is 3.00 bits per heavy atom. The fourth-order valence-corrected chi connectivity index (χ4v) is 1.44. The number of hydrogen-bond donors (Lipinski definition) is 1. The van der Waals surface area contributed by atoms with Gasteiger partial charge < -0.3 is 10.2 Å². The Morgan fingerprint density at radius 1 is 1.42 bits per heavy atom. The Labute approximate surface area is 74.9 Å². The zero-order valence-electron chi connectivity index (χ0n) is 6.38. The summed E-state index contributed by atoms with van der Waals surface area (Å²) in [5, 5.41) is 1.57. The summed E-state index contributed by atoms with van der Waals surface area (Å²) in [5.74, 6) is 0. The molecular weight excluding hydrogens is 174 g/mol. The highest BCUT2D eigenvalue weighted by Gasteiger charge is 2.05. The van der Waals surface area contributed by atoms with Crippen LogP contribution in [0.15, 0.2) is 28.9 Å². The van der Waals surface area contributed by atoms with E-state index < -0.39 is 0 Å². The number of halogens is 1. The highest BCUT2D eigenvalue weighted by atomic mass is 35.5. The van der Waals surface area contributed by atoms with Gasteiger partial charge in [-0.1, -0.05) is 23.7 Å². The molecule has 0 fully saturated rings. The molecule has 0 atom stereocenters. The Kier molecular flexibility index (Phi) is 1.79. The van der Waals surface area contributed by atoms with E-state index in [1.807, 2.05) is 18.2 Å². The number of rotatable bonds is 1. The minimum atomic E-state index is 0.473. The Morgan fingerprint density at radius 2 is 2.25 bits per heavy atom. The molecule has 0 aliphatic heterocycles. The topological polar surface area (TPSA) is 39.2 Å². The van der Waals surface area contributed by atoms with Crippen LogP contribution in [0.2, 0.25) is 5.02 Å². The molecule has 12 heavy (non-hydrogen) atoms. The van der Waals surface area contributed by atoms with Crippen molar-refractivity contribution < 1.29 is 4.42 Å². The average Bonchev–Trinajstić information content (AvgIpc) is 2.48. The third kappa shape index (κ3) is 1.00. The first-order chi connectivity index (χ1) is 5.83. The maximum Gasteiger partial charge on any atom is 0.139 e. The number of benzene rings is 1. The van der Waals surface area contributed by atoms with Gasteiger partial charge in [-0.2, -0.15) is 0 Å². The number of nitrogens with two attached hydrogens (primary N) is 1. The van der Waals surface area contributed by atoms with E-state index >= 15 is 0 Å². The van der Waals surface area contributed by atoms with Gasteiger partial charge in [0.2, 0.25) is 0 Å². The van der Waals surface area contributed by atoms with Gasteiger partial charge in [-0.25, -0.2) is 0 Å².